The predicted octanol–water partition coefficient (Wildman–Crippen LogP) is 4.79. The number of rotatable bonds is 25. The topological polar surface area (TPSA) is 178 Å². The Morgan fingerprint density at radius 2 is 0.952 bits per heavy atom. The van der Waals surface area contributed by atoms with Crippen molar-refractivity contribution in [1.29, 1.82) is 0 Å². The molecular weight excluding hydrogens is 548 g/mol. The second kappa shape index (κ2) is 23.4. The highest BCUT2D eigenvalue weighted by molar-refractivity contribution is 6.37. The van der Waals surface area contributed by atoms with E-state index in [0.29, 0.717) is 57.8 Å². The molecule has 232 valence electrons. The highest BCUT2D eigenvalue weighted by atomic mass is 16.6. The van der Waals surface area contributed by atoms with E-state index in [9.17, 15) is 14.4 Å². The van der Waals surface area contributed by atoms with Gasteiger partial charge < -0.3 is 29.6 Å². The maximum absolute atomic E-state index is 11.1. The van der Waals surface area contributed by atoms with Crippen molar-refractivity contribution in [2.45, 2.75) is 78.1 Å². The van der Waals surface area contributed by atoms with Crippen LogP contribution in [0, 0.1) is 0 Å². The Morgan fingerprint density at radius 3 is 1.31 bits per heavy atom. The number of nitrogens with zero attached hydrogens (tertiary/aromatic N) is 4. The molecule has 42 heavy (non-hydrogen) atoms. The highest BCUT2D eigenvalue weighted by Crippen LogP contribution is 2.08. The normalized spacial score (nSPS) is 11.8. The van der Waals surface area contributed by atoms with Gasteiger partial charge in [-0.15, -0.1) is 0 Å². The SMILES string of the molecule is CC(=O)C(C)=NOCCCCCCON=Cc1cc(C=NOCCCCC(=O)O)cc(C=NOCCCCC(=O)O)c1. The lowest BCUT2D eigenvalue weighted by molar-refractivity contribution is -0.138. The summed E-state index contributed by atoms with van der Waals surface area (Å²) >= 11 is 0. The number of hydrogen-bond donors (Lipinski definition) is 2. The molecular formula is C29H42N4O9. The summed E-state index contributed by atoms with van der Waals surface area (Å²) < 4.78 is 0. The summed E-state index contributed by atoms with van der Waals surface area (Å²) in [6.07, 6.45) is 10.6. The number of hydrogen-bond acceptors (Lipinski definition) is 11. The molecule has 0 saturated carbocycles. The summed E-state index contributed by atoms with van der Waals surface area (Å²) in [5.41, 5.74) is 2.53. The fourth-order valence-corrected chi connectivity index (χ4v) is 3.16. The van der Waals surface area contributed by atoms with Crippen molar-refractivity contribution in [3.63, 3.8) is 0 Å². The summed E-state index contributed by atoms with van der Waals surface area (Å²) in [5.74, 6) is -1.79. The minimum Gasteiger partial charge on any atom is -0.481 e. The second-order valence-corrected chi connectivity index (χ2v) is 9.32. The number of oxime groups is 4. The zero-order chi connectivity index (χ0) is 30.8. The molecule has 0 atom stereocenters. The van der Waals surface area contributed by atoms with Crippen molar-refractivity contribution in [2.75, 3.05) is 26.4 Å². The third-order valence-corrected chi connectivity index (χ3v) is 5.51. The molecule has 0 saturated heterocycles. The van der Waals surface area contributed by atoms with Gasteiger partial charge in [0, 0.05) is 19.8 Å². The van der Waals surface area contributed by atoms with E-state index in [4.69, 9.17) is 29.6 Å². The van der Waals surface area contributed by atoms with E-state index in [1.54, 1.807) is 13.1 Å². The fraction of sp³-hybridized carbons (Fsp3) is 0.552. The van der Waals surface area contributed by atoms with Gasteiger partial charge in [-0.3, -0.25) is 14.4 Å². The van der Waals surface area contributed by atoms with Gasteiger partial charge in [-0.05, 0) is 93.2 Å². The van der Waals surface area contributed by atoms with Crippen LogP contribution in [0.5, 0.6) is 0 Å². The lowest BCUT2D eigenvalue weighted by Gasteiger charge is -2.03. The average molecular weight is 591 g/mol. The minimum atomic E-state index is -0.839. The molecule has 0 aliphatic heterocycles. The van der Waals surface area contributed by atoms with Crippen molar-refractivity contribution in [3.8, 4) is 0 Å². The molecule has 0 spiro atoms. The van der Waals surface area contributed by atoms with Crippen molar-refractivity contribution in [1.82, 2.24) is 0 Å². The Morgan fingerprint density at radius 1 is 0.595 bits per heavy atom. The quantitative estimate of drug-likeness (QED) is 0.0920. The van der Waals surface area contributed by atoms with E-state index < -0.39 is 11.9 Å². The standard InChI is InChI=1S/C29H42N4O9/c1-23(24(2)34)33-42-16-8-4-3-7-13-39-30-20-25-17-26(21-31-40-14-9-5-11-28(35)36)19-27(18-25)22-32-41-15-10-6-12-29(37)38/h17-22H,3-16H2,1-2H3,(H,35,36)(H,37,38). The number of unbranched alkanes of at least 4 members (excludes halogenated alkanes) is 5. The number of aliphatic carboxylic acids is 2. The van der Waals surface area contributed by atoms with Gasteiger partial charge in [-0.1, -0.05) is 20.6 Å². The lowest BCUT2D eigenvalue weighted by Crippen LogP contribution is -2.05. The van der Waals surface area contributed by atoms with E-state index >= 15 is 0 Å². The lowest BCUT2D eigenvalue weighted by atomic mass is 10.1. The fourth-order valence-electron chi connectivity index (χ4n) is 3.16. The van der Waals surface area contributed by atoms with Crippen molar-refractivity contribution in [3.05, 3.63) is 34.9 Å². The van der Waals surface area contributed by atoms with Crippen LogP contribution in [0.15, 0.2) is 38.8 Å². The van der Waals surface area contributed by atoms with Crippen LogP contribution in [-0.4, -0.2) is 78.7 Å². The molecule has 0 amide bonds. The van der Waals surface area contributed by atoms with Crippen LogP contribution in [0.4, 0.5) is 0 Å². The van der Waals surface area contributed by atoms with Gasteiger partial charge >= 0.3 is 11.9 Å². The molecule has 1 rings (SSSR count). The van der Waals surface area contributed by atoms with Gasteiger partial charge in [0.25, 0.3) is 0 Å². The maximum atomic E-state index is 11.1. The Bertz CT molecular complexity index is 1020. The molecule has 0 aliphatic rings. The van der Waals surface area contributed by atoms with Gasteiger partial charge in [-0.2, -0.15) is 0 Å². The highest BCUT2D eigenvalue weighted by Gasteiger charge is 2.01. The minimum absolute atomic E-state index is 0.0915. The molecule has 0 fully saturated rings. The first kappa shape index (κ1) is 35.7. The summed E-state index contributed by atoms with van der Waals surface area (Å²) in [5, 5.41) is 33.1. The average Bonchev–Trinajstić information content (AvgIpc) is 2.94. The molecule has 0 aromatic heterocycles. The summed E-state index contributed by atoms with van der Waals surface area (Å²) in [4.78, 5) is 53.2. The van der Waals surface area contributed by atoms with E-state index in [2.05, 4.69) is 20.6 Å². The number of Topliss-reactive ketones (excluding diaryl/α,β-unsaturated/α-hetero) is 1. The number of benzene rings is 1. The van der Waals surface area contributed by atoms with Gasteiger partial charge in [0.2, 0.25) is 0 Å². The Hall–Kier alpha value is -4.29. The van der Waals surface area contributed by atoms with Crippen LogP contribution >= 0.6 is 0 Å². The van der Waals surface area contributed by atoms with Crippen LogP contribution in [0.1, 0.15) is 94.7 Å². The molecule has 13 heteroatoms. The van der Waals surface area contributed by atoms with E-state index in [1.165, 1.54) is 19.4 Å². The van der Waals surface area contributed by atoms with Gasteiger partial charge in [0.05, 0.1) is 18.6 Å². The molecule has 2 N–H and O–H groups in total. The molecule has 13 nitrogen and oxygen atoms in total. The number of carboxylic acid groups (broad SMARTS) is 2. The van der Waals surface area contributed by atoms with E-state index in [0.717, 1.165) is 42.4 Å². The zero-order valence-electron chi connectivity index (χ0n) is 24.4. The van der Waals surface area contributed by atoms with Crippen LogP contribution in [0.25, 0.3) is 0 Å². The van der Waals surface area contributed by atoms with Gasteiger partial charge in [0.1, 0.15) is 32.1 Å². The predicted molar refractivity (Wildman–Crippen MR) is 158 cm³/mol. The van der Waals surface area contributed by atoms with E-state index in [-0.39, 0.29) is 18.6 Å². The van der Waals surface area contributed by atoms with Crippen LogP contribution in [0.2, 0.25) is 0 Å². The van der Waals surface area contributed by atoms with Crippen molar-refractivity contribution < 1.29 is 43.9 Å². The Labute approximate surface area is 246 Å². The van der Waals surface area contributed by atoms with Crippen LogP contribution < -0.4 is 0 Å². The van der Waals surface area contributed by atoms with Crippen LogP contribution in [0.3, 0.4) is 0 Å². The molecule has 0 radical (unpaired) electrons. The summed E-state index contributed by atoms with van der Waals surface area (Å²) in [7, 11) is 0. The molecule has 0 bridgehead atoms. The van der Waals surface area contributed by atoms with Gasteiger partial charge in [-0.25, -0.2) is 0 Å². The third kappa shape index (κ3) is 20.6. The first-order valence-electron chi connectivity index (χ1n) is 14.0. The first-order chi connectivity index (χ1) is 20.3. The smallest absolute Gasteiger partial charge is 0.303 e. The number of carbonyl (C=O) groups is 3. The maximum Gasteiger partial charge on any atom is 0.303 e. The van der Waals surface area contributed by atoms with Gasteiger partial charge in [0.15, 0.2) is 5.78 Å². The number of ketones is 1. The molecule has 1 aromatic carbocycles. The number of carbonyl (C=O) groups excluding carboxylic acids is 1. The molecule has 1 aromatic rings. The summed E-state index contributed by atoms with van der Waals surface area (Å²) in [6.45, 7) is 4.60. The monoisotopic (exact) mass is 590 g/mol. The van der Waals surface area contributed by atoms with Crippen molar-refractivity contribution >= 4 is 42.1 Å². The Kier molecular flexibility index (Phi) is 19.9. The number of carboxylic acids is 2. The zero-order valence-corrected chi connectivity index (χ0v) is 24.4. The molecule has 0 unspecified atom stereocenters. The largest absolute Gasteiger partial charge is 0.481 e. The first-order valence-corrected chi connectivity index (χ1v) is 14.0. The van der Waals surface area contributed by atoms with Crippen molar-refractivity contribution in [2.24, 2.45) is 20.6 Å². The Balaban J connectivity index is 2.54. The van der Waals surface area contributed by atoms with Crippen LogP contribution in [-0.2, 0) is 33.7 Å². The molecule has 0 aliphatic carbocycles. The second-order valence-electron chi connectivity index (χ2n) is 9.32. The third-order valence-electron chi connectivity index (χ3n) is 5.51. The molecule has 0 heterocycles. The van der Waals surface area contributed by atoms with E-state index in [1.807, 2.05) is 18.2 Å². The summed E-state index contributed by atoms with van der Waals surface area (Å²) in [6, 6.07) is 5.50.